The Morgan fingerprint density at radius 3 is 2.43 bits per heavy atom. The van der Waals surface area contributed by atoms with Crippen molar-refractivity contribution in [1.29, 1.82) is 0 Å². The number of benzene rings is 1. The molecule has 1 saturated heterocycles. The average molecular weight is 313 g/mol. The van der Waals surface area contributed by atoms with Gasteiger partial charge < -0.3 is 14.8 Å². The minimum Gasteiger partial charge on any atom is -0.493 e. The molecule has 1 aromatic heterocycles. The zero-order valence-electron chi connectivity index (χ0n) is 12.4. The van der Waals surface area contributed by atoms with Crippen molar-refractivity contribution >= 4 is 11.7 Å². The predicted molar refractivity (Wildman–Crippen MR) is 79.9 cm³/mol. The van der Waals surface area contributed by atoms with Gasteiger partial charge in [-0.2, -0.15) is 0 Å². The Morgan fingerprint density at radius 2 is 1.78 bits per heavy atom. The van der Waals surface area contributed by atoms with E-state index in [0.29, 0.717) is 17.3 Å². The summed E-state index contributed by atoms with van der Waals surface area (Å²) in [6.45, 7) is 0. The highest BCUT2D eigenvalue weighted by Crippen LogP contribution is 2.29. The Morgan fingerprint density at radius 1 is 1.09 bits per heavy atom. The summed E-state index contributed by atoms with van der Waals surface area (Å²) in [7, 11) is 1.49. The molecule has 1 aliphatic heterocycles. The van der Waals surface area contributed by atoms with E-state index in [0.717, 1.165) is 0 Å². The monoisotopic (exact) mass is 313 g/mol. The van der Waals surface area contributed by atoms with E-state index in [1.807, 2.05) is 0 Å². The number of ether oxygens (including phenoxy) is 2. The number of nitrogens with zero attached hydrogens (tertiary/aromatic N) is 2. The van der Waals surface area contributed by atoms with Crippen LogP contribution in [0.1, 0.15) is 18.3 Å². The van der Waals surface area contributed by atoms with Gasteiger partial charge in [0, 0.05) is 18.8 Å². The minimum absolute atomic E-state index is 0.0789. The molecule has 2 heterocycles. The third-order valence-corrected chi connectivity index (χ3v) is 3.46. The zero-order valence-corrected chi connectivity index (χ0v) is 12.4. The van der Waals surface area contributed by atoms with Gasteiger partial charge in [0.1, 0.15) is 0 Å². The molecule has 23 heavy (non-hydrogen) atoms. The molecule has 118 valence electrons. The Balaban J connectivity index is 1.76. The highest BCUT2D eigenvalue weighted by molar-refractivity contribution is 6.07. The van der Waals surface area contributed by atoms with E-state index in [4.69, 9.17) is 9.47 Å². The summed E-state index contributed by atoms with van der Waals surface area (Å²) >= 11 is 0. The third kappa shape index (κ3) is 3.13. The third-order valence-electron chi connectivity index (χ3n) is 3.46. The fourth-order valence-corrected chi connectivity index (χ4v) is 2.36. The minimum atomic E-state index is -1.20. The Hall–Kier alpha value is -2.96. The lowest BCUT2D eigenvalue weighted by atomic mass is 9.99. The summed E-state index contributed by atoms with van der Waals surface area (Å²) in [4.78, 5) is 32.7. The van der Waals surface area contributed by atoms with Gasteiger partial charge in [-0.1, -0.05) is 12.1 Å². The summed E-state index contributed by atoms with van der Waals surface area (Å²) < 4.78 is 10.7. The number of para-hydroxylation sites is 2. The van der Waals surface area contributed by atoms with E-state index in [2.05, 4.69) is 15.3 Å². The molecule has 0 spiro atoms. The maximum atomic E-state index is 12.3. The normalized spacial score (nSPS) is 20.7. The highest BCUT2D eigenvalue weighted by Gasteiger charge is 2.38. The van der Waals surface area contributed by atoms with E-state index in [9.17, 15) is 9.59 Å². The molecule has 0 saturated carbocycles. The largest absolute Gasteiger partial charge is 0.493 e. The first-order valence-electron chi connectivity index (χ1n) is 7.08. The molecule has 1 aromatic carbocycles. The van der Waals surface area contributed by atoms with Crippen molar-refractivity contribution in [2.75, 3.05) is 7.11 Å². The first-order valence-corrected chi connectivity index (χ1v) is 7.08. The van der Waals surface area contributed by atoms with Gasteiger partial charge in [-0.25, -0.2) is 9.97 Å². The molecule has 2 aromatic rings. The van der Waals surface area contributed by atoms with E-state index in [1.54, 1.807) is 42.7 Å². The van der Waals surface area contributed by atoms with Crippen LogP contribution in [-0.4, -0.2) is 34.9 Å². The van der Waals surface area contributed by atoms with Crippen molar-refractivity contribution in [3.63, 3.8) is 0 Å². The number of methoxy groups -OCH3 is 1. The smallest absolute Gasteiger partial charge is 0.269 e. The molecule has 1 fully saturated rings. The standard InChI is InChI=1S/C16H15N3O4/c1-22-12-5-2-3-6-13(12)23-14-11(20)9-10(19-16(14)21)15-17-7-4-8-18-15/h2-8,10,14H,9H2,1H3,(H,19,21). The topological polar surface area (TPSA) is 90.4 Å². The van der Waals surface area contributed by atoms with Crippen molar-refractivity contribution in [3.8, 4) is 11.5 Å². The number of piperidine rings is 1. The zero-order chi connectivity index (χ0) is 16.2. The molecule has 7 heteroatoms. The van der Waals surface area contributed by atoms with Crippen LogP contribution in [0.5, 0.6) is 11.5 Å². The quantitative estimate of drug-likeness (QED) is 0.849. The van der Waals surface area contributed by atoms with Gasteiger partial charge in [0.05, 0.1) is 13.2 Å². The second-order valence-electron chi connectivity index (χ2n) is 4.99. The SMILES string of the molecule is COc1ccccc1OC1C(=O)CC(c2ncccn2)NC1=O. The molecule has 2 unspecified atom stereocenters. The van der Waals surface area contributed by atoms with Crippen molar-refractivity contribution in [3.05, 3.63) is 48.5 Å². The van der Waals surface area contributed by atoms with Crippen molar-refractivity contribution in [1.82, 2.24) is 15.3 Å². The first kappa shape index (κ1) is 15.0. The number of carbonyl (C=O) groups excluding carboxylic acids is 2. The fraction of sp³-hybridized carbons (Fsp3) is 0.250. The number of Topliss-reactive ketones (excluding diaryl/α,β-unsaturated/α-hetero) is 1. The van der Waals surface area contributed by atoms with Gasteiger partial charge in [0.2, 0.25) is 6.10 Å². The van der Waals surface area contributed by atoms with Gasteiger partial charge in [-0.3, -0.25) is 9.59 Å². The van der Waals surface area contributed by atoms with E-state index in [1.165, 1.54) is 7.11 Å². The lowest BCUT2D eigenvalue weighted by molar-refractivity contribution is -0.142. The highest BCUT2D eigenvalue weighted by atomic mass is 16.5. The van der Waals surface area contributed by atoms with Crippen LogP contribution in [0.3, 0.4) is 0 Å². The van der Waals surface area contributed by atoms with Crippen LogP contribution in [0.2, 0.25) is 0 Å². The van der Waals surface area contributed by atoms with Gasteiger partial charge in [-0.15, -0.1) is 0 Å². The second kappa shape index (κ2) is 6.43. The molecule has 2 atom stereocenters. The number of hydrogen-bond acceptors (Lipinski definition) is 6. The number of nitrogens with one attached hydrogen (secondary N) is 1. The number of amides is 1. The molecule has 0 bridgehead atoms. The number of carbonyl (C=O) groups is 2. The van der Waals surface area contributed by atoms with Crippen molar-refractivity contribution in [2.45, 2.75) is 18.6 Å². The fourth-order valence-electron chi connectivity index (χ4n) is 2.36. The number of rotatable bonds is 4. The Kier molecular flexibility index (Phi) is 4.18. The lowest BCUT2D eigenvalue weighted by Gasteiger charge is -2.27. The molecule has 3 rings (SSSR count). The van der Waals surface area contributed by atoms with Crippen molar-refractivity contribution < 1.29 is 19.1 Å². The maximum Gasteiger partial charge on any atom is 0.269 e. The lowest BCUT2D eigenvalue weighted by Crippen LogP contribution is -2.51. The predicted octanol–water partition coefficient (Wildman–Crippen LogP) is 1.06. The van der Waals surface area contributed by atoms with Crippen LogP contribution in [0.15, 0.2) is 42.7 Å². The molecule has 0 aliphatic carbocycles. The Bertz CT molecular complexity index is 702. The molecule has 1 amide bonds. The van der Waals surface area contributed by atoms with Gasteiger partial charge in [0.15, 0.2) is 23.1 Å². The van der Waals surface area contributed by atoms with Crippen LogP contribution in [0, 0.1) is 0 Å². The number of aromatic nitrogens is 2. The first-order chi connectivity index (χ1) is 11.2. The average Bonchev–Trinajstić information content (AvgIpc) is 2.59. The van der Waals surface area contributed by atoms with Crippen LogP contribution < -0.4 is 14.8 Å². The molecular formula is C16H15N3O4. The number of hydrogen-bond donors (Lipinski definition) is 1. The summed E-state index contributed by atoms with van der Waals surface area (Å²) in [6.07, 6.45) is 2.01. The van der Waals surface area contributed by atoms with E-state index < -0.39 is 18.1 Å². The Labute approximate surface area is 132 Å². The number of ketones is 1. The van der Waals surface area contributed by atoms with E-state index >= 15 is 0 Å². The second-order valence-corrected chi connectivity index (χ2v) is 4.99. The molecule has 1 aliphatic rings. The van der Waals surface area contributed by atoms with Crippen LogP contribution >= 0.6 is 0 Å². The van der Waals surface area contributed by atoms with Gasteiger partial charge in [0.25, 0.3) is 5.91 Å². The summed E-state index contributed by atoms with van der Waals surface area (Å²) in [5.74, 6) is 0.381. The molecule has 0 radical (unpaired) electrons. The molecular weight excluding hydrogens is 298 g/mol. The van der Waals surface area contributed by atoms with Crippen LogP contribution in [-0.2, 0) is 9.59 Å². The van der Waals surface area contributed by atoms with Gasteiger partial charge >= 0.3 is 0 Å². The summed E-state index contributed by atoms with van der Waals surface area (Å²) in [6, 6.07) is 7.99. The summed E-state index contributed by atoms with van der Waals surface area (Å²) in [5.41, 5.74) is 0. The van der Waals surface area contributed by atoms with Crippen LogP contribution in [0.25, 0.3) is 0 Å². The molecule has 1 N–H and O–H groups in total. The van der Waals surface area contributed by atoms with E-state index in [-0.39, 0.29) is 12.2 Å². The van der Waals surface area contributed by atoms with Crippen LogP contribution in [0.4, 0.5) is 0 Å². The summed E-state index contributed by atoms with van der Waals surface area (Å²) in [5, 5.41) is 2.72. The molecule has 7 nitrogen and oxygen atoms in total. The van der Waals surface area contributed by atoms with Gasteiger partial charge in [-0.05, 0) is 18.2 Å². The maximum absolute atomic E-state index is 12.3. The van der Waals surface area contributed by atoms with Crippen molar-refractivity contribution in [2.24, 2.45) is 0 Å².